The Labute approximate surface area is 104 Å². The van der Waals surface area contributed by atoms with Gasteiger partial charge in [-0.05, 0) is 24.2 Å². The molecule has 0 aliphatic carbocycles. The van der Waals surface area contributed by atoms with Crippen LogP contribution < -0.4 is 5.73 Å². The van der Waals surface area contributed by atoms with Crippen LogP contribution in [0.2, 0.25) is 0 Å². The summed E-state index contributed by atoms with van der Waals surface area (Å²) in [6.45, 7) is 0.599. The van der Waals surface area contributed by atoms with Gasteiger partial charge in [0.05, 0.1) is 5.69 Å². The third-order valence-electron chi connectivity index (χ3n) is 2.81. The smallest absolute Gasteiger partial charge is 0.147 e. The Kier molecular flexibility index (Phi) is 2.74. The molecule has 0 aromatic carbocycles. The van der Waals surface area contributed by atoms with Gasteiger partial charge in [0.2, 0.25) is 0 Å². The van der Waals surface area contributed by atoms with Gasteiger partial charge in [0.15, 0.2) is 0 Å². The molecular formula is C13H13N5. The van der Waals surface area contributed by atoms with Crippen LogP contribution in [0, 0.1) is 0 Å². The van der Waals surface area contributed by atoms with Crippen molar-refractivity contribution in [1.82, 2.24) is 19.4 Å². The summed E-state index contributed by atoms with van der Waals surface area (Å²) in [5.74, 6) is 0. The Morgan fingerprint density at radius 1 is 1.17 bits per heavy atom. The second kappa shape index (κ2) is 4.54. The Balaban J connectivity index is 2.17. The lowest BCUT2D eigenvalue weighted by atomic mass is 10.1. The molecule has 0 aliphatic rings. The molecule has 0 saturated carbocycles. The largest absolute Gasteiger partial charge is 0.330 e. The highest BCUT2D eigenvalue weighted by Gasteiger charge is 2.08. The summed E-state index contributed by atoms with van der Waals surface area (Å²) in [5, 5.41) is 0. The van der Waals surface area contributed by atoms with Crippen LogP contribution >= 0.6 is 0 Å². The SMILES string of the molecule is NCCc1cn2cncc(-c3ccncc3)c2n1. The van der Waals surface area contributed by atoms with Crippen LogP contribution in [0.3, 0.4) is 0 Å². The van der Waals surface area contributed by atoms with E-state index in [0.717, 1.165) is 28.9 Å². The predicted molar refractivity (Wildman–Crippen MR) is 69.0 cm³/mol. The molecule has 0 atom stereocenters. The maximum Gasteiger partial charge on any atom is 0.147 e. The lowest BCUT2D eigenvalue weighted by Gasteiger charge is -2.01. The van der Waals surface area contributed by atoms with Crippen molar-refractivity contribution in [1.29, 1.82) is 0 Å². The second-order valence-electron chi connectivity index (χ2n) is 4.04. The Morgan fingerprint density at radius 3 is 2.78 bits per heavy atom. The van der Waals surface area contributed by atoms with Gasteiger partial charge in [-0.1, -0.05) is 0 Å². The highest BCUT2D eigenvalue weighted by Crippen LogP contribution is 2.22. The average molecular weight is 239 g/mol. The summed E-state index contributed by atoms with van der Waals surface area (Å²) in [5.41, 5.74) is 9.51. The van der Waals surface area contributed by atoms with E-state index in [4.69, 9.17) is 5.73 Å². The fraction of sp³-hybridized carbons (Fsp3) is 0.154. The maximum absolute atomic E-state index is 5.56. The standard InChI is InChI=1S/C13H13N5/c14-4-1-11-8-18-9-16-7-12(13(18)17-11)10-2-5-15-6-3-10/h2-3,5-9H,1,4,14H2. The van der Waals surface area contributed by atoms with E-state index in [1.165, 1.54) is 0 Å². The lowest BCUT2D eigenvalue weighted by molar-refractivity contribution is 0.936. The summed E-state index contributed by atoms with van der Waals surface area (Å²) in [6.07, 6.45) is 9.86. The summed E-state index contributed by atoms with van der Waals surface area (Å²) in [6, 6.07) is 3.91. The fourth-order valence-corrected chi connectivity index (χ4v) is 1.97. The van der Waals surface area contributed by atoms with E-state index in [1.54, 1.807) is 18.7 Å². The van der Waals surface area contributed by atoms with Crippen molar-refractivity contribution in [2.75, 3.05) is 6.54 Å². The molecule has 2 N–H and O–H groups in total. The van der Waals surface area contributed by atoms with Gasteiger partial charge >= 0.3 is 0 Å². The minimum Gasteiger partial charge on any atom is -0.330 e. The van der Waals surface area contributed by atoms with E-state index in [0.29, 0.717) is 6.54 Å². The Bertz CT molecular complexity index is 659. The highest BCUT2D eigenvalue weighted by molar-refractivity contribution is 5.76. The summed E-state index contributed by atoms with van der Waals surface area (Å²) in [7, 11) is 0. The highest BCUT2D eigenvalue weighted by atomic mass is 15.0. The van der Waals surface area contributed by atoms with Gasteiger partial charge in [0.1, 0.15) is 12.0 Å². The van der Waals surface area contributed by atoms with E-state index in [9.17, 15) is 0 Å². The number of aromatic nitrogens is 4. The zero-order chi connectivity index (χ0) is 12.4. The fourth-order valence-electron chi connectivity index (χ4n) is 1.97. The van der Waals surface area contributed by atoms with Crippen LogP contribution in [0.4, 0.5) is 0 Å². The molecule has 3 rings (SSSR count). The van der Waals surface area contributed by atoms with Gasteiger partial charge in [0.25, 0.3) is 0 Å². The van der Waals surface area contributed by atoms with Crippen molar-refractivity contribution in [2.24, 2.45) is 5.73 Å². The van der Waals surface area contributed by atoms with Crippen molar-refractivity contribution in [3.63, 3.8) is 0 Å². The first kappa shape index (κ1) is 10.9. The minimum atomic E-state index is 0.599. The first-order valence-electron chi connectivity index (χ1n) is 5.80. The molecule has 3 heterocycles. The molecule has 3 aromatic heterocycles. The molecule has 0 amide bonds. The van der Waals surface area contributed by atoms with Gasteiger partial charge in [-0.25, -0.2) is 9.97 Å². The molecule has 0 radical (unpaired) electrons. The number of rotatable bonds is 3. The maximum atomic E-state index is 5.56. The molecule has 0 unspecified atom stereocenters. The Hall–Kier alpha value is -2.27. The normalized spacial score (nSPS) is 10.9. The molecule has 0 saturated heterocycles. The van der Waals surface area contributed by atoms with Gasteiger partial charge in [0, 0.05) is 36.8 Å². The van der Waals surface area contributed by atoms with Crippen molar-refractivity contribution in [2.45, 2.75) is 6.42 Å². The van der Waals surface area contributed by atoms with Crippen molar-refractivity contribution < 1.29 is 0 Å². The predicted octanol–water partition coefficient (Wildman–Crippen LogP) is 1.29. The third-order valence-corrected chi connectivity index (χ3v) is 2.81. The van der Waals surface area contributed by atoms with Crippen molar-refractivity contribution in [3.8, 4) is 11.1 Å². The van der Waals surface area contributed by atoms with Crippen LogP contribution in [-0.4, -0.2) is 25.9 Å². The molecule has 18 heavy (non-hydrogen) atoms. The van der Waals surface area contributed by atoms with Crippen molar-refractivity contribution >= 4 is 5.65 Å². The molecule has 0 fully saturated rings. The number of fused-ring (bicyclic) bond motifs is 1. The zero-order valence-corrected chi connectivity index (χ0v) is 9.82. The quantitative estimate of drug-likeness (QED) is 0.747. The first-order valence-corrected chi connectivity index (χ1v) is 5.80. The van der Waals surface area contributed by atoms with Gasteiger partial charge in [-0.2, -0.15) is 0 Å². The Morgan fingerprint density at radius 2 is 2.00 bits per heavy atom. The average Bonchev–Trinajstić information content (AvgIpc) is 2.82. The number of imidazole rings is 1. The molecule has 0 spiro atoms. The summed E-state index contributed by atoms with van der Waals surface area (Å²) in [4.78, 5) is 12.9. The first-order chi connectivity index (χ1) is 8.88. The molecule has 3 aromatic rings. The molecule has 0 bridgehead atoms. The molecule has 90 valence electrons. The molecule has 5 heteroatoms. The van der Waals surface area contributed by atoms with E-state index in [1.807, 2.05) is 28.9 Å². The lowest BCUT2D eigenvalue weighted by Crippen LogP contribution is -2.02. The number of hydrogen-bond acceptors (Lipinski definition) is 4. The topological polar surface area (TPSA) is 69.1 Å². The molecule has 5 nitrogen and oxygen atoms in total. The van der Waals surface area contributed by atoms with Crippen molar-refractivity contribution in [3.05, 3.63) is 48.9 Å². The van der Waals surface area contributed by atoms with E-state index in [2.05, 4.69) is 15.0 Å². The monoisotopic (exact) mass is 239 g/mol. The molecular weight excluding hydrogens is 226 g/mol. The number of hydrogen-bond donors (Lipinski definition) is 1. The van der Waals surface area contributed by atoms with Crippen LogP contribution in [0.25, 0.3) is 16.8 Å². The third kappa shape index (κ3) is 1.84. The van der Waals surface area contributed by atoms with E-state index in [-0.39, 0.29) is 0 Å². The minimum absolute atomic E-state index is 0.599. The number of nitrogens with two attached hydrogens (primary N) is 1. The van der Waals surface area contributed by atoms with E-state index < -0.39 is 0 Å². The number of pyridine rings is 1. The van der Waals surface area contributed by atoms with Gasteiger partial charge in [-0.15, -0.1) is 0 Å². The van der Waals surface area contributed by atoms with Crippen LogP contribution in [-0.2, 0) is 6.42 Å². The molecule has 0 aliphatic heterocycles. The second-order valence-corrected chi connectivity index (χ2v) is 4.04. The zero-order valence-electron chi connectivity index (χ0n) is 9.82. The van der Waals surface area contributed by atoms with Gasteiger partial charge < -0.3 is 5.73 Å². The van der Waals surface area contributed by atoms with Crippen LogP contribution in [0.1, 0.15) is 5.69 Å². The van der Waals surface area contributed by atoms with Gasteiger partial charge in [-0.3, -0.25) is 9.38 Å². The van der Waals surface area contributed by atoms with Crippen LogP contribution in [0.5, 0.6) is 0 Å². The van der Waals surface area contributed by atoms with E-state index >= 15 is 0 Å². The summed E-state index contributed by atoms with van der Waals surface area (Å²) >= 11 is 0. The van der Waals surface area contributed by atoms with Crippen LogP contribution in [0.15, 0.2) is 43.2 Å². The number of nitrogens with zero attached hydrogens (tertiary/aromatic N) is 4. The summed E-state index contributed by atoms with van der Waals surface area (Å²) < 4.78 is 1.93.